The van der Waals surface area contributed by atoms with Crippen molar-refractivity contribution in [2.75, 3.05) is 14.2 Å². The highest BCUT2D eigenvalue weighted by Gasteiger charge is 2.52. The van der Waals surface area contributed by atoms with E-state index in [1.54, 1.807) is 79.7 Å². The minimum atomic E-state index is -0.889. The molecule has 139 heavy (non-hydrogen) atoms. The van der Waals surface area contributed by atoms with Gasteiger partial charge in [-0.05, 0) is 296 Å². The molecule has 36 heteroatoms. The average Bonchev–Trinajstić information content (AvgIpc) is 0.713. The number of H-pyrrole nitrogens is 2. The predicted octanol–water partition coefficient (Wildman–Crippen LogP) is 21.6. The summed E-state index contributed by atoms with van der Waals surface area (Å²) in [6.45, 7) is 22.3. The summed E-state index contributed by atoms with van der Waals surface area (Å²) in [7, 11) is 2.90. The summed E-state index contributed by atoms with van der Waals surface area (Å²) in [5, 5.41) is 59.4. The Hall–Kier alpha value is -13.8. The molecule has 0 spiro atoms. The van der Waals surface area contributed by atoms with Crippen LogP contribution >= 0.6 is 34.8 Å². The standard InChI is InChI=1S/C24H26N4O5.C24H28N2O5.C16H17ClN4O2.C15H16N4O.C15H18N2O.C8H10O2.CCl2O/c1-4-17-16-9-14(2)12-24(17,27-28-25)18-6-8-22(26-19(18)11-16)33-23(30)32-13-15-5-7-20(29)21(10-15)31-3;1-4-17-16-9-14(2)12-24(17,25)18-6-8-22(26-19(18)11-16)31-23(28)30-13-15-5-7-20(27)21(10-15)29-3;1-3-11-10-6-9(2)8-16(11,20-21-18)12-4-5-14(23-15(17)22)19-13(12)7-10;1-3-11-10-6-9(2)8-15(11,18-19-16)12-4-5-14(20)17-13(12)7-10;1-3-11-10-6-9(2)8-15(11,16)12-4-5-14(18)17-13(12)7-10;1-6-4-7(5-9)2-3-8(6)10;2-1(3)4/h4-10,16,22,26,29H,11-13H2,1-3H3;4-10,16,22,26-27H,11-13,25H2,1-3H3;3-6,10,14,19H,7-8H2,1-2H3;3-6,10H,7-8H2,1-2H3,(H,17,20);3-6,10H,7-8,16H2,1-2H3,(H,17,18);2-4,9-10H,5H2,1H3;/b2*17-4+;3*11-3+;;/t2*16-,22?,24?;10-,14?,16?;2*10-,15?;;/m11111../s1. The number of ether oxygens (including phenoxy) is 7. The zero-order valence-electron chi connectivity index (χ0n) is 79.5. The van der Waals surface area contributed by atoms with Gasteiger partial charge in [-0.2, -0.15) is 0 Å². The summed E-state index contributed by atoms with van der Waals surface area (Å²) in [6, 6.07) is 21.3. The number of aromatic nitrogens is 2. The van der Waals surface area contributed by atoms with Crippen LogP contribution in [0.15, 0.2) is 291 Å². The van der Waals surface area contributed by atoms with Gasteiger partial charge in [0.1, 0.15) is 35.6 Å². The number of phenols is 3. The summed E-state index contributed by atoms with van der Waals surface area (Å²) in [6.07, 6.45) is 36.4. The monoisotopic (exact) mass is 1950 g/mol. The first kappa shape index (κ1) is 104. The minimum Gasteiger partial charge on any atom is -0.508 e. The van der Waals surface area contributed by atoms with Crippen LogP contribution in [0.1, 0.15) is 165 Å². The Balaban J connectivity index is 0.000000152. The van der Waals surface area contributed by atoms with Gasteiger partial charge in [-0.3, -0.25) is 14.4 Å². The maximum atomic E-state index is 12.3. The van der Waals surface area contributed by atoms with E-state index in [1.807, 2.05) is 64.1 Å². The van der Waals surface area contributed by atoms with Gasteiger partial charge in [-0.15, -0.1) is 0 Å². The van der Waals surface area contributed by atoms with Crippen LogP contribution in [0, 0.1) is 36.5 Å². The number of aromatic amines is 2. The van der Waals surface area contributed by atoms with Gasteiger partial charge in [0.25, 0.3) is 0 Å². The van der Waals surface area contributed by atoms with Crippen molar-refractivity contribution in [3.8, 4) is 28.7 Å². The first-order valence-electron chi connectivity index (χ1n) is 45.3. The average molecular weight is 1960 g/mol. The number of aromatic hydroxyl groups is 3. The van der Waals surface area contributed by atoms with Gasteiger partial charge in [-0.1, -0.05) is 169 Å². The van der Waals surface area contributed by atoms with Gasteiger partial charge in [0.15, 0.2) is 41.7 Å². The number of phenolic OH excluding ortho intramolecular Hbond substituents is 3. The molecule has 0 saturated carbocycles. The molecule has 18 rings (SSSR count). The molecule has 3 aromatic carbocycles. The van der Waals surface area contributed by atoms with Gasteiger partial charge in [-0.25, -0.2) is 14.4 Å². The molecular formula is C103H115Cl3N16O17. The number of nitrogens with two attached hydrogens (primary N) is 2. The summed E-state index contributed by atoms with van der Waals surface area (Å²) < 4.78 is 35.5. The molecule has 0 amide bonds. The maximum Gasteiger partial charge on any atom is 0.510 e. The first-order valence-corrected chi connectivity index (χ1v) is 46.4. The molecule has 3 aliphatic heterocycles. The number of nitrogens with one attached hydrogen (secondary N) is 5. The molecular weight excluding hydrogens is 1840 g/mol. The summed E-state index contributed by atoms with van der Waals surface area (Å²) in [5.41, 5.74) is 61.7. The maximum absolute atomic E-state index is 12.3. The molecule has 730 valence electrons. The van der Waals surface area contributed by atoms with Crippen LogP contribution in [0.4, 0.5) is 19.2 Å². The normalized spacial score (nSPS) is 27.3. The molecule has 10 bridgehead atoms. The number of hydrogen-bond donors (Lipinski definition) is 11. The fraction of sp³-hybridized carbons (Fsp3) is 0.379. The highest BCUT2D eigenvalue weighted by Crippen LogP contribution is 2.57. The zero-order valence-corrected chi connectivity index (χ0v) is 81.7. The Labute approximate surface area is 819 Å². The molecule has 13 atom stereocenters. The Bertz CT molecular complexity index is 6520. The van der Waals surface area contributed by atoms with E-state index in [4.69, 9.17) is 82.3 Å². The third kappa shape index (κ3) is 22.8. The zero-order chi connectivity index (χ0) is 101. The number of methoxy groups -OCH3 is 2. The molecule has 5 heterocycles. The lowest BCUT2D eigenvalue weighted by Gasteiger charge is -2.47. The third-order valence-electron chi connectivity index (χ3n) is 26.8. The van der Waals surface area contributed by atoms with Crippen molar-refractivity contribution < 1.29 is 72.8 Å². The van der Waals surface area contributed by atoms with Crippen LogP contribution in [0.5, 0.6) is 28.7 Å². The van der Waals surface area contributed by atoms with Crippen LogP contribution in [0.25, 0.3) is 31.3 Å². The van der Waals surface area contributed by atoms with Crippen molar-refractivity contribution in [3.63, 3.8) is 0 Å². The number of carbonyl (C=O) groups excluding carboxylic acids is 4. The number of nitrogens with zero attached hydrogens (tertiary/aromatic N) is 9. The fourth-order valence-electron chi connectivity index (χ4n) is 21.7. The van der Waals surface area contributed by atoms with E-state index in [-0.39, 0.29) is 71.9 Å². The van der Waals surface area contributed by atoms with E-state index in [9.17, 15) is 39.7 Å². The number of fused-ring (bicyclic) bond motifs is 17. The Morgan fingerprint density at radius 3 is 1.22 bits per heavy atom. The van der Waals surface area contributed by atoms with E-state index in [1.165, 1.54) is 71.4 Å². The minimum absolute atomic E-state index is 0.00255. The lowest BCUT2D eigenvalue weighted by atomic mass is 9.63. The van der Waals surface area contributed by atoms with E-state index in [2.05, 4.69) is 169 Å². The number of halogens is 3. The van der Waals surface area contributed by atoms with Gasteiger partial charge in [0, 0.05) is 96.5 Å². The number of benzene rings is 3. The van der Waals surface area contributed by atoms with Gasteiger partial charge in [0.05, 0.1) is 31.9 Å². The van der Waals surface area contributed by atoms with Crippen LogP contribution in [-0.2, 0) is 67.4 Å². The van der Waals surface area contributed by atoms with Crippen molar-refractivity contribution >= 4 is 57.2 Å². The Morgan fingerprint density at radius 2 is 0.799 bits per heavy atom. The summed E-state index contributed by atoms with van der Waals surface area (Å²) in [4.78, 5) is 82.6. The summed E-state index contributed by atoms with van der Waals surface area (Å²) in [5.74, 6) is 1.98. The number of azide groups is 3. The number of dihydropyridines is 3. The number of aliphatic hydroxyl groups excluding tert-OH is 1. The fourth-order valence-corrected chi connectivity index (χ4v) is 21.8. The Kier molecular flexibility index (Phi) is 33.5. The third-order valence-corrected chi connectivity index (χ3v) is 26.9. The molecule has 10 aliphatic carbocycles. The van der Waals surface area contributed by atoms with Crippen molar-refractivity contribution in [1.29, 1.82) is 0 Å². The number of allylic oxidation sites excluding steroid dienone is 13. The van der Waals surface area contributed by atoms with Gasteiger partial charge >= 0.3 is 22.4 Å². The van der Waals surface area contributed by atoms with Crippen LogP contribution in [-0.4, -0.2) is 102 Å². The number of hydrogen-bond acceptors (Lipinski definition) is 25. The van der Waals surface area contributed by atoms with Crippen LogP contribution in [0.3, 0.4) is 0 Å². The van der Waals surface area contributed by atoms with Crippen molar-refractivity contribution in [3.05, 3.63) is 362 Å². The number of aliphatic hydroxyl groups is 1. The van der Waals surface area contributed by atoms with Gasteiger partial charge < -0.3 is 91.0 Å². The second-order valence-electron chi connectivity index (χ2n) is 35.9. The molecule has 2 aromatic heterocycles. The largest absolute Gasteiger partial charge is 0.510 e. The predicted molar refractivity (Wildman–Crippen MR) is 530 cm³/mol. The van der Waals surface area contributed by atoms with Gasteiger partial charge in [0.2, 0.25) is 11.1 Å². The number of rotatable bonds is 13. The molecule has 5 aromatic rings. The molecule has 0 fully saturated rings. The molecule has 8 unspecified atom stereocenters. The van der Waals surface area contributed by atoms with E-state index in [0.717, 1.165) is 123 Å². The molecule has 0 radical (unpaired) electrons. The SMILES string of the molecule is C/C=C1\[C@@H]2C=C(C)CC1(N)C1=C(C2)NC(OC(=O)OCc2ccc(O)c(OC)c2)C=C1.C/C=C1\[C@@H]2C=C(C)CC1(N)c1ccc(=O)[nH]c1C2.C/C=C1\[C@@H]2C=C(C)CC1(N=[N+]=[N-])C1=C(C2)NC(OC(=O)Cl)C=C1.C/C=C1\[C@@H]2C=C(C)CC1(N=[N+]=[N-])C1=C(C2)NC(OC(=O)OCc2ccc(O)c(OC)c2)C=C1.C/C=C1\[C@@H]2C=C(C)CC1(N=[N+]=[N-])c1ccc(=O)[nH]c1C2.Cc1cc(CO)ccc1O.O=C(Cl)Cl. The highest BCUT2D eigenvalue weighted by atomic mass is 35.5. The second kappa shape index (κ2) is 44.7. The topological polar surface area (TPSA) is 514 Å². The van der Waals surface area contributed by atoms with Crippen LogP contribution in [0.2, 0.25) is 0 Å². The lowest BCUT2D eigenvalue weighted by Crippen LogP contribution is -2.53. The molecule has 33 nitrogen and oxygen atoms in total. The molecule has 13 aliphatic rings. The van der Waals surface area contributed by atoms with E-state index >= 15 is 0 Å². The smallest absolute Gasteiger partial charge is 0.508 e. The number of pyridine rings is 2. The number of carbonyl (C=O) groups is 4. The number of aryl methyl sites for hydroxylation is 1. The van der Waals surface area contributed by atoms with E-state index in [0.29, 0.717) is 54.2 Å². The first-order chi connectivity index (χ1) is 66.3. The quantitative estimate of drug-likeness (QED) is 0.00992. The Morgan fingerprint density at radius 1 is 0.453 bits per heavy atom. The second-order valence-corrected chi connectivity index (χ2v) is 37.1. The van der Waals surface area contributed by atoms with Crippen molar-refractivity contribution in [2.45, 2.75) is 207 Å². The van der Waals surface area contributed by atoms with E-state index < -0.39 is 68.8 Å². The highest BCUT2D eigenvalue weighted by molar-refractivity contribution is 6.93. The lowest BCUT2D eigenvalue weighted by molar-refractivity contribution is 0.0239. The van der Waals surface area contributed by atoms with Crippen LogP contribution < -0.4 is 48.0 Å². The molecule has 0 saturated heterocycles. The molecule has 13 N–H and O–H groups in total. The van der Waals surface area contributed by atoms with Crippen molar-refractivity contribution in [1.82, 2.24) is 25.9 Å². The summed E-state index contributed by atoms with van der Waals surface area (Å²) >= 11 is 14.1. The van der Waals surface area contributed by atoms with Crippen molar-refractivity contribution in [2.24, 2.45) is 56.4 Å².